The Morgan fingerprint density at radius 1 is 1.03 bits per heavy atom. The highest BCUT2D eigenvalue weighted by Crippen LogP contribution is 2.34. The van der Waals surface area contributed by atoms with Gasteiger partial charge in [0.1, 0.15) is 0 Å². The van der Waals surface area contributed by atoms with E-state index in [1.807, 2.05) is 38.1 Å². The molecule has 1 heterocycles. The first-order valence-corrected chi connectivity index (χ1v) is 11.6. The predicted molar refractivity (Wildman–Crippen MR) is 125 cm³/mol. The Hall–Kier alpha value is -2.09. The molecule has 1 saturated heterocycles. The molecule has 0 saturated carbocycles. The SMILES string of the molecule is CCOc1cc(Br)c(CC(=O)NCc2ccccc2CN2CCOCC2)cc1OCC. The summed E-state index contributed by atoms with van der Waals surface area (Å²) in [4.78, 5) is 15.1. The maximum absolute atomic E-state index is 12.7. The third kappa shape index (κ3) is 6.95. The lowest BCUT2D eigenvalue weighted by Crippen LogP contribution is -2.36. The van der Waals surface area contributed by atoms with Crippen molar-refractivity contribution in [3.05, 3.63) is 57.6 Å². The van der Waals surface area contributed by atoms with Gasteiger partial charge < -0.3 is 19.5 Å². The molecule has 0 unspecified atom stereocenters. The number of nitrogens with one attached hydrogen (secondary N) is 1. The Balaban J connectivity index is 1.62. The first-order valence-electron chi connectivity index (χ1n) is 10.8. The lowest BCUT2D eigenvalue weighted by atomic mass is 10.1. The van der Waals surface area contributed by atoms with Crippen LogP contribution in [0.1, 0.15) is 30.5 Å². The molecular formula is C24H31BrN2O4. The van der Waals surface area contributed by atoms with Crippen LogP contribution in [0.3, 0.4) is 0 Å². The molecule has 1 amide bonds. The maximum Gasteiger partial charge on any atom is 0.224 e. The van der Waals surface area contributed by atoms with Gasteiger partial charge in [0, 0.05) is 30.7 Å². The number of carbonyl (C=O) groups is 1. The molecule has 1 aliphatic rings. The summed E-state index contributed by atoms with van der Waals surface area (Å²) in [6.07, 6.45) is 0.263. The summed E-state index contributed by atoms with van der Waals surface area (Å²) < 4.78 is 17.6. The fourth-order valence-corrected chi connectivity index (χ4v) is 4.03. The van der Waals surface area contributed by atoms with E-state index in [-0.39, 0.29) is 12.3 Å². The number of benzene rings is 2. The summed E-state index contributed by atoms with van der Waals surface area (Å²) in [6, 6.07) is 12.0. The zero-order chi connectivity index (χ0) is 22.1. The molecular weight excluding hydrogens is 460 g/mol. The summed E-state index contributed by atoms with van der Waals surface area (Å²) >= 11 is 3.56. The van der Waals surface area contributed by atoms with Crippen LogP contribution in [0.4, 0.5) is 0 Å². The van der Waals surface area contributed by atoms with Gasteiger partial charge in [-0.15, -0.1) is 0 Å². The van der Waals surface area contributed by atoms with Gasteiger partial charge in [-0.1, -0.05) is 40.2 Å². The van der Waals surface area contributed by atoms with E-state index in [9.17, 15) is 4.79 Å². The average molecular weight is 491 g/mol. The van der Waals surface area contributed by atoms with Crippen molar-refractivity contribution in [2.75, 3.05) is 39.5 Å². The van der Waals surface area contributed by atoms with E-state index < -0.39 is 0 Å². The van der Waals surface area contributed by atoms with Gasteiger partial charge in [0.25, 0.3) is 0 Å². The van der Waals surface area contributed by atoms with Gasteiger partial charge in [-0.2, -0.15) is 0 Å². The Bertz CT molecular complexity index is 869. The molecule has 1 aliphatic heterocycles. The van der Waals surface area contributed by atoms with Gasteiger partial charge >= 0.3 is 0 Å². The van der Waals surface area contributed by atoms with E-state index in [2.05, 4.69) is 38.3 Å². The minimum absolute atomic E-state index is 0.0338. The smallest absolute Gasteiger partial charge is 0.224 e. The summed E-state index contributed by atoms with van der Waals surface area (Å²) in [5.41, 5.74) is 3.25. The largest absolute Gasteiger partial charge is 0.490 e. The zero-order valence-corrected chi connectivity index (χ0v) is 19.9. The number of amides is 1. The topological polar surface area (TPSA) is 60.0 Å². The molecule has 2 aromatic rings. The van der Waals surface area contributed by atoms with E-state index in [0.29, 0.717) is 31.3 Å². The lowest BCUT2D eigenvalue weighted by molar-refractivity contribution is -0.120. The van der Waals surface area contributed by atoms with Gasteiger partial charge in [0.05, 0.1) is 32.8 Å². The highest BCUT2D eigenvalue weighted by molar-refractivity contribution is 9.10. The van der Waals surface area contributed by atoms with Crippen LogP contribution in [0, 0.1) is 0 Å². The molecule has 6 nitrogen and oxygen atoms in total. The van der Waals surface area contributed by atoms with Crippen LogP contribution in [0.15, 0.2) is 40.9 Å². The van der Waals surface area contributed by atoms with Crippen LogP contribution in [0.25, 0.3) is 0 Å². The van der Waals surface area contributed by atoms with Crippen LogP contribution in [-0.2, 0) is 29.0 Å². The second-order valence-corrected chi connectivity index (χ2v) is 8.22. The van der Waals surface area contributed by atoms with Crippen LogP contribution in [-0.4, -0.2) is 50.3 Å². The van der Waals surface area contributed by atoms with Crippen molar-refractivity contribution >= 4 is 21.8 Å². The molecule has 0 aromatic heterocycles. The fraction of sp³-hybridized carbons (Fsp3) is 0.458. The van der Waals surface area contributed by atoms with E-state index in [1.165, 1.54) is 5.56 Å². The van der Waals surface area contributed by atoms with E-state index >= 15 is 0 Å². The first-order chi connectivity index (χ1) is 15.1. The van der Waals surface area contributed by atoms with Gasteiger partial charge in [-0.25, -0.2) is 0 Å². The molecule has 1 fully saturated rings. The minimum atomic E-state index is -0.0338. The monoisotopic (exact) mass is 490 g/mol. The van der Waals surface area contributed by atoms with Crippen LogP contribution in [0.5, 0.6) is 11.5 Å². The normalized spacial score (nSPS) is 14.3. The fourth-order valence-electron chi connectivity index (χ4n) is 3.56. The number of carbonyl (C=O) groups excluding carboxylic acids is 1. The molecule has 0 bridgehead atoms. The summed E-state index contributed by atoms with van der Waals surface area (Å²) in [6.45, 7) is 9.76. The van der Waals surface area contributed by atoms with Crippen molar-refractivity contribution in [1.29, 1.82) is 0 Å². The van der Waals surface area contributed by atoms with Gasteiger partial charge in [0.2, 0.25) is 5.91 Å². The van der Waals surface area contributed by atoms with Crippen molar-refractivity contribution in [3.63, 3.8) is 0 Å². The molecule has 0 radical (unpaired) electrons. The van der Waals surface area contributed by atoms with E-state index in [4.69, 9.17) is 14.2 Å². The first kappa shape index (κ1) is 23.6. The zero-order valence-electron chi connectivity index (χ0n) is 18.3. The molecule has 3 rings (SSSR count). The van der Waals surface area contributed by atoms with Crippen molar-refractivity contribution < 1.29 is 19.0 Å². The number of nitrogens with zero attached hydrogens (tertiary/aromatic N) is 1. The summed E-state index contributed by atoms with van der Waals surface area (Å²) in [7, 11) is 0. The number of halogens is 1. The average Bonchev–Trinajstić information content (AvgIpc) is 2.77. The molecule has 31 heavy (non-hydrogen) atoms. The third-order valence-electron chi connectivity index (χ3n) is 5.16. The number of hydrogen-bond acceptors (Lipinski definition) is 5. The van der Waals surface area contributed by atoms with Crippen molar-refractivity contribution in [3.8, 4) is 11.5 Å². The standard InChI is InChI=1S/C24H31BrN2O4/c1-3-30-22-13-20(21(25)15-23(22)31-4-2)14-24(28)26-16-18-7-5-6-8-19(18)17-27-9-11-29-12-10-27/h5-8,13,15H,3-4,9-12,14,16-17H2,1-2H3,(H,26,28). The molecule has 0 aliphatic carbocycles. The molecule has 7 heteroatoms. The maximum atomic E-state index is 12.7. The van der Waals surface area contributed by atoms with Crippen LogP contribution >= 0.6 is 15.9 Å². The van der Waals surface area contributed by atoms with Crippen molar-refractivity contribution in [1.82, 2.24) is 10.2 Å². The molecule has 0 spiro atoms. The summed E-state index contributed by atoms with van der Waals surface area (Å²) in [5, 5.41) is 3.07. The summed E-state index contributed by atoms with van der Waals surface area (Å²) in [5.74, 6) is 1.30. The Labute approximate surface area is 193 Å². The number of morpholine rings is 1. The highest BCUT2D eigenvalue weighted by Gasteiger charge is 2.15. The number of hydrogen-bond donors (Lipinski definition) is 1. The number of ether oxygens (including phenoxy) is 3. The van der Waals surface area contributed by atoms with Gasteiger partial charge in [-0.05, 0) is 42.7 Å². The second-order valence-electron chi connectivity index (χ2n) is 7.37. The third-order valence-corrected chi connectivity index (χ3v) is 5.89. The quantitative estimate of drug-likeness (QED) is 0.546. The van der Waals surface area contributed by atoms with Crippen LogP contribution in [0.2, 0.25) is 0 Å². The second kappa shape index (κ2) is 12.1. The minimum Gasteiger partial charge on any atom is -0.490 e. The Morgan fingerprint density at radius 3 is 2.35 bits per heavy atom. The Kier molecular flexibility index (Phi) is 9.18. The van der Waals surface area contributed by atoms with Gasteiger partial charge in [-0.3, -0.25) is 9.69 Å². The number of rotatable bonds is 10. The van der Waals surface area contributed by atoms with E-state index in [0.717, 1.165) is 48.4 Å². The molecule has 0 atom stereocenters. The lowest BCUT2D eigenvalue weighted by Gasteiger charge is -2.27. The predicted octanol–water partition coefficient (Wildman–Crippen LogP) is 3.94. The van der Waals surface area contributed by atoms with Crippen molar-refractivity contribution in [2.45, 2.75) is 33.4 Å². The van der Waals surface area contributed by atoms with E-state index in [1.54, 1.807) is 0 Å². The molecule has 168 valence electrons. The van der Waals surface area contributed by atoms with Crippen LogP contribution < -0.4 is 14.8 Å². The molecule has 1 N–H and O–H groups in total. The molecule has 2 aromatic carbocycles. The van der Waals surface area contributed by atoms with Crippen molar-refractivity contribution in [2.24, 2.45) is 0 Å². The Morgan fingerprint density at radius 2 is 1.68 bits per heavy atom. The highest BCUT2D eigenvalue weighted by atomic mass is 79.9. The van der Waals surface area contributed by atoms with Gasteiger partial charge in [0.15, 0.2) is 11.5 Å².